The third kappa shape index (κ3) is 2.42. The summed E-state index contributed by atoms with van der Waals surface area (Å²) in [5.41, 5.74) is 4.61. The Morgan fingerprint density at radius 1 is 1.69 bits per heavy atom. The lowest BCUT2D eigenvalue weighted by atomic mass is 9.96. The second-order valence-corrected chi connectivity index (χ2v) is 3.85. The number of hydrogen-bond acceptors (Lipinski definition) is 3. The van der Waals surface area contributed by atoms with Gasteiger partial charge in [-0.3, -0.25) is 4.79 Å². The van der Waals surface area contributed by atoms with Crippen molar-refractivity contribution in [3.63, 3.8) is 0 Å². The summed E-state index contributed by atoms with van der Waals surface area (Å²) in [4.78, 5) is 11.0. The number of hydrogen-bond donors (Lipinski definition) is 3. The van der Waals surface area contributed by atoms with Crippen molar-refractivity contribution in [2.75, 3.05) is 13.1 Å². The highest BCUT2D eigenvalue weighted by Gasteiger charge is 2.46. The van der Waals surface area contributed by atoms with Crippen LogP contribution in [-0.2, 0) is 4.79 Å². The number of nitrogens with one attached hydrogen (secondary N) is 1. The molecule has 1 atom stereocenters. The molecule has 76 valence electrons. The number of carboxylic acid groups (broad SMARTS) is 1. The minimum Gasteiger partial charge on any atom is -0.480 e. The lowest BCUT2D eigenvalue weighted by Gasteiger charge is -2.26. The molecule has 0 radical (unpaired) electrons. The standard InChI is InChI=1S/C9H18N2O2/c1-9(8(12)13,7-3-4-7)11-6-2-5-10/h7,11H,2-6,10H2,1H3,(H,12,13). The quantitative estimate of drug-likeness (QED) is 0.517. The zero-order chi connectivity index (χ0) is 9.90. The van der Waals surface area contributed by atoms with E-state index in [0.29, 0.717) is 19.0 Å². The summed E-state index contributed by atoms with van der Waals surface area (Å²) < 4.78 is 0. The van der Waals surface area contributed by atoms with E-state index in [1.807, 2.05) is 0 Å². The molecule has 4 N–H and O–H groups in total. The molecule has 4 heteroatoms. The Hall–Kier alpha value is -0.610. The maximum absolute atomic E-state index is 11.0. The van der Waals surface area contributed by atoms with E-state index < -0.39 is 11.5 Å². The van der Waals surface area contributed by atoms with Crippen molar-refractivity contribution < 1.29 is 9.90 Å². The highest BCUT2D eigenvalue weighted by atomic mass is 16.4. The lowest BCUT2D eigenvalue weighted by molar-refractivity contribution is -0.145. The zero-order valence-corrected chi connectivity index (χ0v) is 8.05. The summed E-state index contributed by atoms with van der Waals surface area (Å²) in [5.74, 6) is -0.435. The molecular weight excluding hydrogens is 168 g/mol. The van der Waals surface area contributed by atoms with Gasteiger partial charge in [-0.15, -0.1) is 0 Å². The van der Waals surface area contributed by atoms with Gasteiger partial charge in [-0.05, 0) is 45.2 Å². The molecule has 0 saturated heterocycles. The summed E-state index contributed by atoms with van der Waals surface area (Å²) in [6.07, 6.45) is 2.88. The van der Waals surface area contributed by atoms with Gasteiger partial charge in [0.1, 0.15) is 5.54 Å². The molecule has 0 spiro atoms. The van der Waals surface area contributed by atoms with E-state index >= 15 is 0 Å². The van der Waals surface area contributed by atoms with Crippen molar-refractivity contribution in [2.45, 2.75) is 31.7 Å². The molecule has 1 unspecified atom stereocenters. The molecule has 0 aliphatic heterocycles. The summed E-state index contributed by atoms with van der Waals surface area (Å²) in [6.45, 7) is 3.06. The van der Waals surface area contributed by atoms with Gasteiger partial charge in [-0.1, -0.05) is 0 Å². The van der Waals surface area contributed by atoms with Gasteiger partial charge >= 0.3 is 5.97 Å². The van der Waals surface area contributed by atoms with E-state index in [9.17, 15) is 4.79 Å². The van der Waals surface area contributed by atoms with Gasteiger partial charge in [-0.2, -0.15) is 0 Å². The second-order valence-electron chi connectivity index (χ2n) is 3.85. The number of carboxylic acids is 1. The molecule has 0 amide bonds. The number of aliphatic carboxylic acids is 1. The first-order valence-corrected chi connectivity index (χ1v) is 4.79. The third-order valence-corrected chi connectivity index (χ3v) is 2.71. The van der Waals surface area contributed by atoms with Gasteiger partial charge in [0.2, 0.25) is 0 Å². The van der Waals surface area contributed by atoms with E-state index in [1.54, 1.807) is 6.92 Å². The highest BCUT2D eigenvalue weighted by molar-refractivity contribution is 5.79. The van der Waals surface area contributed by atoms with Crippen molar-refractivity contribution in [1.82, 2.24) is 5.32 Å². The first-order chi connectivity index (χ1) is 6.11. The monoisotopic (exact) mass is 186 g/mol. The molecule has 1 aliphatic carbocycles. The Morgan fingerprint density at radius 2 is 2.31 bits per heavy atom. The fourth-order valence-electron chi connectivity index (χ4n) is 1.51. The second kappa shape index (κ2) is 4.07. The molecule has 0 aromatic heterocycles. The first-order valence-electron chi connectivity index (χ1n) is 4.79. The SMILES string of the molecule is CC(NCCCN)(C(=O)O)C1CC1. The molecule has 13 heavy (non-hydrogen) atoms. The van der Waals surface area contributed by atoms with Crippen LogP contribution in [0.1, 0.15) is 26.2 Å². The van der Waals surface area contributed by atoms with Gasteiger partial charge in [0.15, 0.2) is 0 Å². The molecule has 1 rings (SSSR count). The van der Waals surface area contributed by atoms with Crippen LogP contribution in [0, 0.1) is 5.92 Å². The van der Waals surface area contributed by atoms with Crippen molar-refractivity contribution in [3.05, 3.63) is 0 Å². The van der Waals surface area contributed by atoms with Crippen LogP contribution in [0.15, 0.2) is 0 Å². The van der Waals surface area contributed by atoms with Gasteiger partial charge in [0.25, 0.3) is 0 Å². The summed E-state index contributed by atoms with van der Waals surface area (Å²) in [5, 5.41) is 12.1. The smallest absolute Gasteiger partial charge is 0.323 e. The topological polar surface area (TPSA) is 75.3 Å². The van der Waals surface area contributed by atoms with Crippen molar-refractivity contribution >= 4 is 5.97 Å². The predicted octanol–water partition coefficient (Wildman–Crippen LogP) is 0.178. The summed E-state index contributed by atoms with van der Waals surface area (Å²) >= 11 is 0. The molecule has 1 fully saturated rings. The minimum atomic E-state index is -0.743. The van der Waals surface area contributed by atoms with Crippen LogP contribution >= 0.6 is 0 Å². The molecular formula is C9H18N2O2. The van der Waals surface area contributed by atoms with E-state index in [-0.39, 0.29) is 0 Å². The summed E-state index contributed by atoms with van der Waals surface area (Å²) in [7, 11) is 0. The largest absolute Gasteiger partial charge is 0.480 e. The highest BCUT2D eigenvalue weighted by Crippen LogP contribution is 2.39. The zero-order valence-electron chi connectivity index (χ0n) is 8.05. The lowest BCUT2D eigenvalue weighted by Crippen LogP contribution is -2.52. The molecule has 0 heterocycles. The van der Waals surface area contributed by atoms with Crippen molar-refractivity contribution in [2.24, 2.45) is 11.7 Å². The Kier molecular flexibility index (Phi) is 3.27. The van der Waals surface area contributed by atoms with Crippen molar-refractivity contribution in [3.8, 4) is 0 Å². The van der Waals surface area contributed by atoms with Gasteiger partial charge in [0.05, 0.1) is 0 Å². The van der Waals surface area contributed by atoms with Crippen LogP contribution < -0.4 is 11.1 Å². The minimum absolute atomic E-state index is 0.308. The molecule has 1 saturated carbocycles. The van der Waals surface area contributed by atoms with Gasteiger partial charge in [0, 0.05) is 0 Å². The Bertz CT molecular complexity index is 192. The van der Waals surface area contributed by atoms with Crippen LogP contribution in [0.5, 0.6) is 0 Å². The predicted molar refractivity (Wildman–Crippen MR) is 50.4 cm³/mol. The number of nitrogens with two attached hydrogens (primary N) is 1. The van der Waals surface area contributed by atoms with Crippen LogP contribution in [0.25, 0.3) is 0 Å². The number of carbonyl (C=O) groups is 1. The maximum Gasteiger partial charge on any atom is 0.323 e. The molecule has 0 aromatic rings. The Morgan fingerprint density at radius 3 is 2.69 bits per heavy atom. The fourth-order valence-corrected chi connectivity index (χ4v) is 1.51. The van der Waals surface area contributed by atoms with E-state index in [2.05, 4.69) is 5.32 Å². The molecule has 0 bridgehead atoms. The van der Waals surface area contributed by atoms with Crippen molar-refractivity contribution in [1.29, 1.82) is 0 Å². The van der Waals surface area contributed by atoms with Crippen LogP contribution in [-0.4, -0.2) is 29.7 Å². The van der Waals surface area contributed by atoms with E-state index in [0.717, 1.165) is 19.3 Å². The Balaban J connectivity index is 2.42. The van der Waals surface area contributed by atoms with E-state index in [4.69, 9.17) is 10.8 Å². The summed E-state index contributed by atoms with van der Waals surface area (Å²) in [6, 6.07) is 0. The molecule has 4 nitrogen and oxygen atoms in total. The maximum atomic E-state index is 11.0. The number of rotatable bonds is 6. The van der Waals surface area contributed by atoms with Crippen LogP contribution in [0.2, 0.25) is 0 Å². The first kappa shape index (κ1) is 10.5. The average molecular weight is 186 g/mol. The fraction of sp³-hybridized carbons (Fsp3) is 0.889. The van der Waals surface area contributed by atoms with Crippen LogP contribution in [0.3, 0.4) is 0 Å². The Labute approximate surface area is 78.5 Å². The third-order valence-electron chi connectivity index (χ3n) is 2.71. The normalized spacial score (nSPS) is 21.1. The molecule has 0 aromatic carbocycles. The van der Waals surface area contributed by atoms with Crippen LogP contribution in [0.4, 0.5) is 0 Å². The van der Waals surface area contributed by atoms with Gasteiger partial charge in [-0.25, -0.2) is 0 Å². The average Bonchev–Trinajstić information content (AvgIpc) is 2.86. The van der Waals surface area contributed by atoms with Gasteiger partial charge < -0.3 is 16.2 Å². The molecule has 1 aliphatic rings. The van der Waals surface area contributed by atoms with E-state index in [1.165, 1.54) is 0 Å².